The van der Waals surface area contributed by atoms with Crippen LogP contribution in [-0.4, -0.2) is 57.7 Å². The lowest BCUT2D eigenvalue weighted by atomic mass is 10.1. The number of carbonyl (C=O) groups is 1. The van der Waals surface area contributed by atoms with Crippen LogP contribution in [0.1, 0.15) is 0 Å². The molecule has 1 fully saturated rings. The first kappa shape index (κ1) is 20.0. The van der Waals surface area contributed by atoms with Gasteiger partial charge in [0.15, 0.2) is 4.34 Å². The Morgan fingerprint density at radius 2 is 1.74 bits per heavy atom. The molecule has 2 aromatic heterocycles. The normalized spacial score (nSPS) is 14.2. The molecule has 0 aliphatic carbocycles. The molecule has 5 rings (SSSR count). The number of thiazole rings is 1. The maximum Gasteiger partial charge on any atom is 0.233 e. The van der Waals surface area contributed by atoms with Gasteiger partial charge in [-0.05, 0) is 12.1 Å². The van der Waals surface area contributed by atoms with Gasteiger partial charge in [-0.2, -0.15) is 0 Å². The number of aromatic nitrogens is 3. The molecule has 1 amide bonds. The fourth-order valence-corrected chi connectivity index (χ4v) is 5.57. The second kappa shape index (κ2) is 9.03. The molecule has 0 saturated carbocycles. The number of benzene rings is 2. The standard InChI is InChI=1S/C23H21N5OS2/c29-22(15-30-23-26-18-8-4-5-9-20(18)31-23)28-12-10-27(11-13-28)21-14-19(24-16-25-21)17-6-2-1-3-7-17/h1-9,14,16H,10-13,15H2. The van der Waals surface area contributed by atoms with E-state index < -0.39 is 0 Å². The minimum Gasteiger partial charge on any atom is -0.353 e. The zero-order valence-electron chi connectivity index (χ0n) is 16.8. The summed E-state index contributed by atoms with van der Waals surface area (Å²) in [5.41, 5.74) is 2.99. The highest BCUT2D eigenvalue weighted by atomic mass is 32.2. The molecule has 0 atom stereocenters. The Balaban J connectivity index is 1.17. The lowest BCUT2D eigenvalue weighted by molar-refractivity contribution is -0.128. The molecule has 1 saturated heterocycles. The zero-order chi connectivity index (χ0) is 21.0. The van der Waals surface area contributed by atoms with Gasteiger partial charge in [-0.1, -0.05) is 54.2 Å². The van der Waals surface area contributed by atoms with Crippen molar-refractivity contribution in [3.63, 3.8) is 0 Å². The number of hydrogen-bond donors (Lipinski definition) is 0. The van der Waals surface area contributed by atoms with Crippen molar-refractivity contribution < 1.29 is 4.79 Å². The van der Waals surface area contributed by atoms with E-state index in [4.69, 9.17) is 0 Å². The number of nitrogens with zero attached hydrogens (tertiary/aromatic N) is 5. The molecular weight excluding hydrogens is 426 g/mol. The second-order valence-electron chi connectivity index (χ2n) is 7.23. The van der Waals surface area contributed by atoms with Crippen LogP contribution in [0.2, 0.25) is 0 Å². The Morgan fingerprint density at radius 3 is 2.55 bits per heavy atom. The molecule has 2 aromatic carbocycles. The fraction of sp³-hybridized carbons (Fsp3) is 0.217. The van der Waals surface area contributed by atoms with Gasteiger partial charge in [0.2, 0.25) is 5.91 Å². The van der Waals surface area contributed by atoms with E-state index in [2.05, 4.69) is 25.9 Å². The van der Waals surface area contributed by atoms with Gasteiger partial charge < -0.3 is 9.80 Å². The first-order chi connectivity index (χ1) is 15.3. The molecule has 0 unspecified atom stereocenters. The number of fused-ring (bicyclic) bond motifs is 1. The van der Waals surface area contributed by atoms with Crippen LogP contribution in [0.3, 0.4) is 0 Å². The number of piperazine rings is 1. The number of rotatable bonds is 5. The Labute approximate surface area is 189 Å². The van der Waals surface area contributed by atoms with E-state index in [9.17, 15) is 4.79 Å². The van der Waals surface area contributed by atoms with Gasteiger partial charge in [0.25, 0.3) is 0 Å². The lowest BCUT2D eigenvalue weighted by Gasteiger charge is -2.35. The van der Waals surface area contributed by atoms with Crippen LogP contribution < -0.4 is 4.90 Å². The van der Waals surface area contributed by atoms with Gasteiger partial charge in [-0.25, -0.2) is 15.0 Å². The van der Waals surface area contributed by atoms with Gasteiger partial charge in [-0.15, -0.1) is 11.3 Å². The van der Waals surface area contributed by atoms with Gasteiger partial charge in [0.05, 0.1) is 21.7 Å². The number of para-hydroxylation sites is 1. The summed E-state index contributed by atoms with van der Waals surface area (Å²) < 4.78 is 2.10. The van der Waals surface area contributed by atoms with E-state index in [1.165, 1.54) is 11.8 Å². The summed E-state index contributed by atoms with van der Waals surface area (Å²) in [7, 11) is 0. The smallest absolute Gasteiger partial charge is 0.233 e. The highest BCUT2D eigenvalue weighted by Crippen LogP contribution is 2.29. The van der Waals surface area contributed by atoms with Gasteiger partial charge in [0, 0.05) is 37.8 Å². The Morgan fingerprint density at radius 1 is 0.968 bits per heavy atom. The highest BCUT2D eigenvalue weighted by molar-refractivity contribution is 8.01. The summed E-state index contributed by atoms with van der Waals surface area (Å²) in [6.45, 7) is 2.93. The predicted molar refractivity (Wildman–Crippen MR) is 127 cm³/mol. The van der Waals surface area contributed by atoms with Gasteiger partial charge in [0.1, 0.15) is 12.1 Å². The quantitative estimate of drug-likeness (QED) is 0.428. The molecule has 4 aromatic rings. The molecule has 0 bridgehead atoms. The number of amides is 1. The molecule has 0 N–H and O–H groups in total. The molecule has 31 heavy (non-hydrogen) atoms. The van der Waals surface area contributed by atoms with Crippen molar-refractivity contribution in [2.45, 2.75) is 4.34 Å². The van der Waals surface area contributed by atoms with Crippen LogP contribution in [0.25, 0.3) is 21.5 Å². The molecule has 6 nitrogen and oxygen atoms in total. The van der Waals surface area contributed by atoms with Crippen molar-refractivity contribution in [3.8, 4) is 11.3 Å². The first-order valence-corrected chi connectivity index (χ1v) is 11.9. The molecule has 8 heteroatoms. The van der Waals surface area contributed by atoms with Crippen LogP contribution in [0.5, 0.6) is 0 Å². The van der Waals surface area contributed by atoms with Crippen LogP contribution in [0, 0.1) is 0 Å². The van der Waals surface area contributed by atoms with Crippen molar-refractivity contribution >= 4 is 45.0 Å². The molecular formula is C23H21N5OS2. The van der Waals surface area contributed by atoms with E-state index in [1.54, 1.807) is 17.7 Å². The summed E-state index contributed by atoms with van der Waals surface area (Å²) in [4.78, 5) is 30.3. The summed E-state index contributed by atoms with van der Waals surface area (Å²) in [6.07, 6.45) is 1.61. The molecule has 3 heterocycles. The van der Waals surface area contributed by atoms with Gasteiger partial charge in [-0.3, -0.25) is 4.79 Å². The van der Waals surface area contributed by atoms with E-state index in [-0.39, 0.29) is 5.91 Å². The molecule has 0 radical (unpaired) electrons. The van der Waals surface area contributed by atoms with Crippen molar-refractivity contribution in [2.24, 2.45) is 0 Å². The lowest BCUT2D eigenvalue weighted by Crippen LogP contribution is -2.49. The third kappa shape index (κ3) is 4.55. The van der Waals surface area contributed by atoms with Crippen molar-refractivity contribution in [3.05, 3.63) is 67.0 Å². The Kier molecular flexibility index (Phi) is 5.82. The van der Waals surface area contributed by atoms with E-state index in [0.29, 0.717) is 18.8 Å². The number of carbonyl (C=O) groups excluding carboxylic acids is 1. The number of anilines is 1. The summed E-state index contributed by atoms with van der Waals surface area (Å²) in [5, 5.41) is 0. The van der Waals surface area contributed by atoms with Crippen LogP contribution >= 0.6 is 23.1 Å². The number of thioether (sulfide) groups is 1. The van der Waals surface area contributed by atoms with Crippen molar-refractivity contribution in [1.82, 2.24) is 19.9 Å². The first-order valence-electron chi connectivity index (χ1n) is 10.1. The molecule has 156 valence electrons. The maximum atomic E-state index is 12.7. The largest absolute Gasteiger partial charge is 0.353 e. The van der Waals surface area contributed by atoms with Crippen molar-refractivity contribution in [1.29, 1.82) is 0 Å². The molecule has 0 spiro atoms. The summed E-state index contributed by atoms with van der Waals surface area (Å²) >= 11 is 3.17. The summed E-state index contributed by atoms with van der Waals surface area (Å²) in [6, 6.07) is 20.2. The summed E-state index contributed by atoms with van der Waals surface area (Å²) in [5.74, 6) is 1.49. The van der Waals surface area contributed by atoms with Crippen LogP contribution in [-0.2, 0) is 4.79 Å². The average Bonchev–Trinajstić information content (AvgIpc) is 3.26. The zero-order valence-corrected chi connectivity index (χ0v) is 18.5. The maximum absolute atomic E-state index is 12.7. The van der Waals surface area contributed by atoms with E-state index in [1.807, 2.05) is 59.5 Å². The Bertz CT molecular complexity index is 1160. The minimum absolute atomic E-state index is 0.163. The third-order valence-corrected chi connectivity index (χ3v) is 7.44. The van der Waals surface area contributed by atoms with Gasteiger partial charge >= 0.3 is 0 Å². The number of hydrogen-bond acceptors (Lipinski definition) is 7. The highest BCUT2D eigenvalue weighted by Gasteiger charge is 2.22. The fourth-order valence-electron chi connectivity index (χ4n) is 3.60. The second-order valence-corrected chi connectivity index (χ2v) is 9.48. The topological polar surface area (TPSA) is 62.2 Å². The van der Waals surface area contributed by atoms with E-state index in [0.717, 1.165) is 44.7 Å². The SMILES string of the molecule is O=C(CSc1nc2ccccc2s1)N1CCN(c2cc(-c3ccccc3)ncn2)CC1. The minimum atomic E-state index is 0.163. The van der Waals surface area contributed by atoms with Crippen LogP contribution in [0.15, 0.2) is 71.3 Å². The third-order valence-electron chi connectivity index (χ3n) is 5.27. The average molecular weight is 448 g/mol. The Hall–Kier alpha value is -2.97. The molecule has 1 aliphatic heterocycles. The van der Waals surface area contributed by atoms with Crippen molar-refractivity contribution in [2.75, 3.05) is 36.8 Å². The molecule has 1 aliphatic rings. The van der Waals surface area contributed by atoms with Crippen LogP contribution in [0.4, 0.5) is 5.82 Å². The van der Waals surface area contributed by atoms with E-state index >= 15 is 0 Å². The monoisotopic (exact) mass is 447 g/mol. The predicted octanol–water partition coefficient (Wildman–Crippen LogP) is 4.19.